The van der Waals surface area contributed by atoms with E-state index in [9.17, 15) is 22.8 Å². The SMILES string of the molecule is O=C(O)C(=O)c1cnn(Cc2ccc(-c3noc(C(F)(F)F)n3)cc2)c1. The van der Waals surface area contributed by atoms with Crippen molar-refractivity contribution in [3.05, 3.63) is 53.7 Å². The van der Waals surface area contributed by atoms with Crippen LogP contribution < -0.4 is 0 Å². The fourth-order valence-electron chi connectivity index (χ4n) is 2.09. The van der Waals surface area contributed by atoms with E-state index in [-0.39, 0.29) is 17.9 Å². The van der Waals surface area contributed by atoms with Gasteiger partial charge in [-0.2, -0.15) is 23.3 Å². The van der Waals surface area contributed by atoms with Crippen LogP contribution in [0.2, 0.25) is 0 Å². The maximum atomic E-state index is 12.5. The first-order chi connectivity index (χ1) is 12.2. The van der Waals surface area contributed by atoms with Crippen molar-refractivity contribution >= 4 is 11.8 Å². The normalized spacial score (nSPS) is 11.5. The van der Waals surface area contributed by atoms with Gasteiger partial charge in [0.2, 0.25) is 5.82 Å². The highest BCUT2D eigenvalue weighted by atomic mass is 19.4. The van der Waals surface area contributed by atoms with Crippen molar-refractivity contribution in [3.63, 3.8) is 0 Å². The maximum absolute atomic E-state index is 12.5. The largest absolute Gasteiger partial charge is 0.475 e. The third-order valence-electron chi connectivity index (χ3n) is 3.31. The van der Waals surface area contributed by atoms with Crippen molar-refractivity contribution in [2.24, 2.45) is 0 Å². The van der Waals surface area contributed by atoms with Gasteiger partial charge in [0, 0.05) is 11.8 Å². The summed E-state index contributed by atoms with van der Waals surface area (Å²) < 4.78 is 42.9. The molecule has 0 amide bonds. The minimum atomic E-state index is -4.71. The summed E-state index contributed by atoms with van der Waals surface area (Å²) in [6.45, 7) is 0.229. The summed E-state index contributed by atoms with van der Waals surface area (Å²) >= 11 is 0. The molecule has 0 saturated carbocycles. The Bertz CT molecular complexity index is 960. The molecule has 0 spiro atoms. The number of aromatic nitrogens is 4. The summed E-state index contributed by atoms with van der Waals surface area (Å²) in [6, 6.07) is 6.24. The zero-order chi connectivity index (χ0) is 18.9. The predicted molar refractivity (Wildman–Crippen MR) is 78.0 cm³/mol. The van der Waals surface area contributed by atoms with Crippen molar-refractivity contribution in [3.8, 4) is 11.4 Å². The zero-order valence-electron chi connectivity index (χ0n) is 12.8. The molecule has 0 radical (unpaired) electrons. The van der Waals surface area contributed by atoms with E-state index in [0.29, 0.717) is 11.1 Å². The molecule has 0 bridgehead atoms. The second-order valence-electron chi connectivity index (χ2n) is 5.18. The molecule has 0 aliphatic rings. The number of nitrogens with zero attached hydrogens (tertiary/aromatic N) is 4. The lowest BCUT2D eigenvalue weighted by atomic mass is 10.1. The van der Waals surface area contributed by atoms with E-state index in [4.69, 9.17) is 5.11 Å². The lowest BCUT2D eigenvalue weighted by Crippen LogP contribution is -2.11. The van der Waals surface area contributed by atoms with Crippen LogP contribution >= 0.6 is 0 Å². The third-order valence-corrected chi connectivity index (χ3v) is 3.31. The molecular formula is C15H9F3N4O4. The molecule has 0 atom stereocenters. The number of aliphatic carboxylic acids is 1. The summed E-state index contributed by atoms with van der Waals surface area (Å²) in [5.74, 6) is -4.27. The number of alkyl halides is 3. The number of ketones is 1. The van der Waals surface area contributed by atoms with Crippen LogP contribution in [0.1, 0.15) is 21.8 Å². The molecule has 26 heavy (non-hydrogen) atoms. The minimum Gasteiger partial charge on any atom is -0.475 e. The standard InChI is InChI=1S/C15H9F3N4O4/c16-15(17,18)14-20-12(21-26-14)9-3-1-8(2-4-9)6-22-7-10(5-19-22)11(23)13(24)25/h1-5,7H,6H2,(H,24,25). The summed E-state index contributed by atoms with van der Waals surface area (Å²) in [4.78, 5) is 25.2. The van der Waals surface area contributed by atoms with Gasteiger partial charge in [0.15, 0.2) is 0 Å². The van der Waals surface area contributed by atoms with Gasteiger partial charge in [-0.3, -0.25) is 9.48 Å². The average molecular weight is 366 g/mol. The Morgan fingerprint density at radius 2 is 1.88 bits per heavy atom. The molecule has 0 saturated heterocycles. The molecule has 3 aromatic rings. The van der Waals surface area contributed by atoms with Gasteiger partial charge in [0.05, 0.1) is 18.3 Å². The summed E-state index contributed by atoms with van der Waals surface area (Å²) in [5.41, 5.74) is 0.988. The molecule has 11 heteroatoms. The van der Waals surface area contributed by atoms with Crippen LogP contribution in [0.15, 0.2) is 41.2 Å². The molecule has 8 nitrogen and oxygen atoms in total. The summed E-state index contributed by atoms with van der Waals surface area (Å²) in [5, 5.41) is 15.8. The molecule has 0 aliphatic heterocycles. The summed E-state index contributed by atoms with van der Waals surface area (Å²) in [6.07, 6.45) is -2.28. The first kappa shape index (κ1) is 17.3. The van der Waals surface area contributed by atoms with Crippen molar-refractivity contribution in [1.29, 1.82) is 0 Å². The lowest BCUT2D eigenvalue weighted by Gasteiger charge is -2.02. The molecule has 0 unspecified atom stereocenters. The van der Waals surface area contributed by atoms with Gasteiger partial charge in [0.25, 0.3) is 5.78 Å². The maximum Gasteiger partial charge on any atom is 0.471 e. The van der Waals surface area contributed by atoms with Gasteiger partial charge in [-0.25, -0.2) is 4.79 Å². The number of hydrogen-bond donors (Lipinski definition) is 1. The topological polar surface area (TPSA) is 111 Å². The van der Waals surface area contributed by atoms with E-state index in [1.54, 1.807) is 12.1 Å². The molecule has 2 heterocycles. The predicted octanol–water partition coefficient (Wildman–Crippen LogP) is 2.27. The second kappa shape index (κ2) is 6.43. The van der Waals surface area contributed by atoms with Crippen LogP contribution in [-0.4, -0.2) is 36.8 Å². The highest BCUT2D eigenvalue weighted by Gasteiger charge is 2.38. The number of benzene rings is 1. The van der Waals surface area contributed by atoms with Gasteiger partial charge < -0.3 is 9.63 Å². The zero-order valence-corrected chi connectivity index (χ0v) is 12.8. The van der Waals surface area contributed by atoms with E-state index in [0.717, 1.165) is 6.20 Å². The molecule has 134 valence electrons. The molecule has 0 fully saturated rings. The van der Waals surface area contributed by atoms with E-state index >= 15 is 0 Å². The molecule has 3 rings (SSSR count). The first-order valence-electron chi connectivity index (χ1n) is 7.04. The number of carboxylic acids is 1. The smallest absolute Gasteiger partial charge is 0.471 e. The summed E-state index contributed by atoms with van der Waals surface area (Å²) in [7, 11) is 0. The van der Waals surface area contributed by atoms with E-state index in [1.165, 1.54) is 23.0 Å². The Morgan fingerprint density at radius 3 is 2.46 bits per heavy atom. The molecule has 2 aromatic heterocycles. The Hall–Kier alpha value is -3.50. The van der Waals surface area contributed by atoms with E-state index in [2.05, 4.69) is 19.8 Å². The van der Waals surface area contributed by atoms with Crippen molar-refractivity contribution < 1.29 is 32.4 Å². The fraction of sp³-hybridized carbons (Fsp3) is 0.133. The van der Waals surface area contributed by atoms with Crippen LogP contribution in [0, 0.1) is 0 Å². The van der Waals surface area contributed by atoms with Crippen LogP contribution in [0.5, 0.6) is 0 Å². The Kier molecular flexibility index (Phi) is 4.28. The molecule has 1 aromatic carbocycles. The highest BCUT2D eigenvalue weighted by Crippen LogP contribution is 2.29. The third kappa shape index (κ3) is 3.61. The van der Waals surface area contributed by atoms with Crippen LogP contribution in [-0.2, 0) is 17.5 Å². The van der Waals surface area contributed by atoms with Crippen molar-refractivity contribution in [2.45, 2.75) is 12.7 Å². The van der Waals surface area contributed by atoms with Gasteiger partial charge in [-0.15, -0.1) is 0 Å². The van der Waals surface area contributed by atoms with Crippen molar-refractivity contribution in [1.82, 2.24) is 19.9 Å². The van der Waals surface area contributed by atoms with Gasteiger partial charge in [0.1, 0.15) is 0 Å². The van der Waals surface area contributed by atoms with Gasteiger partial charge in [-0.1, -0.05) is 29.4 Å². The highest BCUT2D eigenvalue weighted by molar-refractivity contribution is 6.39. The van der Waals surface area contributed by atoms with E-state index in [1.807, 2.05) is 0 Å². The van der Waals surface area contributed by atoms with Crippen LogP contribution in [0.4, 0.5) is 13.2 Å². The number of carbonyl (C=O) groups is 2. The monoisotopic (exact) mass is 366 g/mol. The number of Topliss-reactive ketones (excluding diaryl/α,β-unsaturated/α-hetero) is 1. The Labute approximate surface area is 142 Å². The molecular weight excluding hydrogens is 357 g/mol. The number of carboxylic acid groups (broad SMARTS) is 1. The number of carbonyl (C=O) groups excluding carboxylic acids is 1. The van der Waals surface area contributed by atoms with Crippen LogP contribution in [0.3, 0.4) is 0 Å². The van der Waals surface area contributed by atoms with Crippen molar-refractivity contribution in [2.75, 3.05) is 0 Å². The van der Waals surface area contributed by atoms with Gasteiger partial charge in [-0.05, 0) is 5.56 Å². The first-order valence-corrected chi connectivity index (χ1v) is 7.04. The quantitative estimate of drug-likeness (QED) is 0.545. The molecule has 1 N–H and O–H groups in total. The van der Waals surface area contributed by atoms with E-state index < -0.39 is 23.8 Å². The van der Waals surface area contributed by atoms with Crippen LogP contribution in [0.25, 0.3) is 11.4 Å². The van der Waals surface area contributed by atoms with Gasteiger partial charge >= 0.3 is 18.0 Å². The second-order valence-corrected chi connectivity index (χ2v) is 5.18. The minimum absolute atomic E-state index is 0.0550. The number of rotatable bonds is 5. The lowest BCUT2D eigenvalue weighted by molar-refractivity contribution is -0.159. The number of hydrogen-bond acceptors (Lipinski definition) is 6. The fourth-order valence-corrected chi connectivity index (χ4v) is 2.09. The number of halogens is 3. The Morgan fingerprint density at radius 1 is 1.19 bits per heavy atom. The average Bonchev–Trinajstić information content (AvgIpc) is 3.24. The Balaban J connectivity index is 1.73. The molecule has 0 aliphatic carbocycles.